The largest absolute Gasteiger partial charge is 0.364 e. The van der Waals surface area contributed by atoms with Crippen molar-refractivity contribution in [2.45, 2.75) is 13.0 Å². The summed E-state index contributed by atoms with van der Waals surface area (Å²) in [5, 5.41) is 3.41. The van der Waals surface area contributed by atoms with Gasteiger partial charge in [-0.05, 0) is 30.7 Å². The van der Waals surface area contributed by atoms with E-state index in [2.05, 4.69) is 40.4 Å². The highest BCUT2D eigenvalue weighted by Gasteiger charge is 2.05. The molecule has 0 spiro atoms. The highest BCUT2D eigenvalue weighted by Crippen LogP contribution is 2.21. The van der Waals surface area contributed by atoms with Crippen molar-refractivity contribution in [3.05, 3.63) is 78.8 Å². The van der Waals surface area contributed by atoms with E-state index in [0.717, 1.165) is 16.9 Å². The molecule has 0 aliphatic rings. The zero-order valence-corrected chi connectivity index (χ0v) is 11.9. The first-order valence-corrected chi connectivity index (χ1v) is 7.01. The van der Waals surface area contributed by atoms with E-state index >= 15 is 0 Å². The third-order valence-electron chi connectivity index (χ3n) is 3.42. The minimum atomic E-state index is 0.225. The maximum Gasteiger partial charge on any atom is 0.126 e. The molecule has 0 aliphatic heterocycles. The average Bonchev–Trinajstić information content (AvgIpc) is 2.57. The third-order valence-corrected chi connectivity index (χ3v) is 3.42. The van der Waals surface area contributed by atoms with Gasteiger partial charge in [0.25, 0.3) is 0 Å². The molecule has 3 nitrogen and oxygen atoms in total. The Kier molecular flexibility index (Phi) is 3.92. The van der Waals surface area contributed by atoms with Crippen LogP contribution in [0.1, 0.15) is 18.5 Å². The van der Waals surface area contributed by atoms with Crippen molar-refractivity contribution in [2.75, 3.05) is 5.32 Å². The molecule has 0 saturated heterocycles. The van der Waals surface area contributed by atoms with Crippen molar-refractivity contribution in [1.82, 2.24) is 9.97 Å². The summed E-state index contributed by atoms with van der Waals surface area (Å²) in [4.78, 5) is 8.61. The smallest absolute Gasteiger partial charge is 0.126 e. The average molecular weight is 275 g/mol. The van der Waals surface area contributed by atoms with Gasteiger partial charge in [0.2, 0.25) is 0 Å². The molecule has 3 aromatic rings. The Morgan fingerprint density at radius 3 is 2.33 bits per heavy atom. The Balaban J connectivity index is 1.73. The molecule has 1 aromatic carbocycles. The fourth-order valence-corrected chi connectivity index (χ4v) is 2.23. The van der Waals surface area contributed by atoms with Crippen molar-refractivity contribution in [2.24, 2.45) is 0 Å². The minimum Gasteiger partial charge on any atom is -0.364 e. The van der Waals surface area contributed by atoms with E-state index in [-0.39, 0.29) is 6.04 Å². The molecule has 104 valence electrons. The number of nitrogens with one attached hydrogen (secondary N) is 1. The molecule has 0 bridgehead atoms. The molecule has 0 amide bonds. The quantitative estimate of drug-likeness (QED) is 0.770. The van der Waals surface area contributed by atoms with Gasteiger partial charge in [0.15, 0.2) is 0 Å². The summed E-state index contributed by atoms with van der Waals surface area (Å²) in [6, 6.07) is 18.6. The maximum absolute atomic E-state index is 4.48. The van der Waals surface area contributed by atoms with Crippen molar-refractivity contribution in [3.63, 3.8) is 0 Å². The number of benzene rings is 1. The molecule has 2 aromatic heterocycles. The van der Waals surface area contributed by atoms with Crippen LogP contribution in [0.2, 0.25) is 0 Å². The van der Waals surface area contributed by atoms with Crippen LogP contribution in [0, 0.1) is 0 Å². The molecule has 3 rings (SSSR count). The predicted molar refractivity (Wildman–Crippen MR) is 85.9 cm³/mol. The number of aromatic nitrogens is 2. The summed E-state index contributed by atoms with van der Waals surface area (Å²) in [6.07, 6.45) is 5.49. The molecule has 3 heteroatoms. The topological polar surface area (TPSA) is 37.8 Å². The lowest BCUT2D eigenvalue weighted by Gasteiger charge is -2.15. The zero-order chi connectivity index (χ0) is 14.5. The van der Waals surface area contributed by atoms with E-state index in [9.17, 15) is 0 Å². The van der Waals surface area contributed by atoms with Gasteiger partial charge in [-0.3, -0.25) is 4.98 Å². The Bertz CT molecular complexity index is 679. The normalized spacial score (nSPS) is 11.9. The lowest BCUT2D eigenvalue weighted by atomic mass is 10.1. The van der Waals surface area contributed by atoms with Gasteiger partial charge in [-0.2, -0.15) is 0 Å². The predicted octanol–water partition coefficient (Wildman–Crippen LogP) is 4.32. The van der Waals surface area contributed by atoms with Gasteiger partial charge < -0.3 is 5.32 Å². The molecular weight excluding hydrogens is 258 g/mol. The molecule has 0 saturated carbocycles. The Morgan fingerprint density at radius 2 is 1.67 bits per heavy atom. The second-order valence-electron chi connectivity index (χ2n) is 4.95. The first-order valence-electron chi connectivity index (χ1n) is 7.01. The number of pyridine rings is 2. The van der Waals surface area contributed by atoms with E-state index in [1.54, 1.807) is 6.20 Å². The summed E-state index contributed by atoms with van der Waals surface area (Å²) >= 11 is 0. The zero-order valence-electron chi connectivity index (χ0n) is 11.9. The molecule has 0 fully saturated rings. The Morgan fingerprint density at radius 1 is 0.857 bits per heavy atom. The SMILES string of the molecule is CC(Nc1ccc(-c2cccnc2)cn1)c1ccccc1. The summed E-state index contributed by atoms with van der Waals surface area (Å²) in [7, 11) is 0. The first-order chi connectivity index (χ1) is 10.3. The molecular formula is C18H17N3. The number of hydrogen-bond acceptors (Lipinski definition) is 3. The number of nitrogens with zero attached hydrogens (tertiary/aromatic N) is 2. The van der Waals surface area contributed by atoms with Gasteiger partial charge in [0, 0.05) is 35.8 Å². The second-order valence-corrected chi connectivity index (χ2v) is 4.95. The fourth-order valence-electron chi connectivity index (χ4n) is 2.23. The van der Waals surface area contributed by atoms with Gasteiger partial charge >= 0.3 is 0 Å². The molecule has 21 heavy (non-hydrogen) atoms. The molecule has 1 atom stereocenters. The van der Waals surface area contributed by atoms with Gasteiger partial charge in [-0.1, -0.05) is 36.4 Å². The van der Waals surface area contributed by atoms with Crippen molar-refractivity contribution < 1.29 is 0 Å². The van der Waals surface area contributed by atoms with E-state index in [0.29, 0.717) is 0 Å². The van der Waals surface area contributed by atoms with Crippen LogP contribution >= 0.6 is 0 Å². The van der Waals surface area contributed by atoms with Crippen LogP contribution in [0.4, 0.5) is 5.82 Å². The summed E-state index contributed by atoms with van der Waals surface area (Å²) in [5.41, 5.74) is 3.39. The van der Waals surface area contributed by atoms with Crippen molar-refractivity contribution in [1.29, 1.82) is 0 Å². The van der Waals surface area contributed by atoms with Crippen LogP contribution in [0.3, 0.4) is 0 Å². The van der Waals surface area contributed by atoms with Crippen LogP contribution in [0.25, 0.3) is 11.1 Å². The minimum absolute atomic E-state index is 0.225. The second kappa shape index (κ2) is 6.18. The third kappa shape index (κ3) is 3.26. The molecule has 1 unspecified atom stereocenters. The Hall–Kier alpha value is -2.68. The Labute approximate surface area is 124 Å². The maximum atomic E-state index is 4.48. The molecule has 0 radical (unpaired) electrons. The highest BCUT2D eigenvalue weighted by molar-refractivity contribution is 5.62. The van der Waals surface area contributed by atoms with Crippen LogP contribution in [0.15, 0.2) is 73.2 Å². The lowest BCUT2D eigenvalue weighted by molar-refractivity contribution is 0.875. The monoisotopic (exact) mass is 275 g/mol. The highest BCUT2D eigenvalue weighted by atomic mass is 15.0. The number of anilines is 1. The molecule has 2 heterocycles. The van der Waals surface area contributed by atoms with Crippen LogP contribution < -0.4 is 5.32 Å². The first kappa shape index (κ1) is 13.3. The van der Waals surface area contributed by atoms with Crippen LogP contribution in [-0.4, -0.2) is 9.97 Å². The van der Waals surface area contributed by atoms with E-state index in [1.165, 1.54) is 5.56 Å². The van der Waals surface area contributed by atoms with E-state index in [4.69, 9.17) is 0 Å². The van der Waals surface area contributed by atoms with Crippen LogP contribution in [0.5, 0.6) is 0 Å². The number of hydrogen-bond donors (Lipinski definition) is 1. The summed E-state index contributed by atoms with van der Waals surface area (Å²) < 4.78 is 0. The van der Waals surface area contributed by atoms with E-state index in [1.807, 2.05) is 48.8 Å². The fraction of sp³-hybridized carbons (Fsp3) is 0.111. The van der Waals surface area contributed by atoms with Crippen LogP contribution in [-0.2, 0) is 0 Å². The number of rotatable bonds is 4. The van der Waals surface area contributed by atoms with Gasteiger partial charge in [0.05, 0.1) is 0 Å². The standard InChI is InChI=1S/C18H17N3/c1-14(15-6-3-2-4-7-15)21-18-10-9-17(13-20-18)16-8-5-11-19-12-16/h2-14H,1H3,(H,20,21). The van der Waals surface area contributed by atoms with E-state index < -0.39 is 0 Å². The summed E-state index contributed by atoms with van der Waals surface area (Å²) in [5.74, 6) is 0.874. The van der Waals surface area contributed by atoms with Gasteiger partial charge in [-0.25, -0.2) is 4.98 Å². The molecule has 1 N–H and O–H groups in total. The molecule has 0 aliphatic carbocycles. The lowest BCUT2D eigenvalue weighted by Crippen LogP contribution is -2.07. The van der Waals surface area contributed by atoms with Crippen molar-refractivity contribution in [3.8, 4) is 11.1 Å². The van der Waals surface area contributed by atoms with Gasteiger partial charge in [-0.15, -0.1) is 0 Å². The van der Waals surface area contributed by atoms with Crippen molar-refractivity contribution >= 4 is 5.82 Å². The summed E-state index contributed by atoms with van der Waals surface area (Å²) in [6.45, 7) is 2.13. The van der Waals surface area contributed by atoms with Gasteiger partial charge in [0.1, 0.15) is 5.82 Å².